The van der Waals surface area contributed by atoms with Crippen LogP contribution in [-0.4, -0.2) is 29.0 Å². The molecule has 2 aliphatic heterocycles. The van der Waals surface area contributed by atoms with E-state index in [4.69, 9.17) is 0 Å². The highest BCUT2D eigenvalue weighted by Crippen LogP contribution is 2.35. The van der Waals surface area contributed by atoms with Crippen LogP contribution >= 0.6 is 0 Å². The average molecular weight is 318 g/mol. The lowest BCUT2D eigenvalue weighted by Gasteiger charge is -2.43. The number of aromatic nitrogens is 1. The van der Waals surface area contributed by atoms with Crippen molar-refractivity contribution in [2.75, 3.05) is 13.1 Å². The largest absolute Gasteiger partial charge is 0.300 e. The molecule has 2 aromatic rings. The summed E-state index contributed by atoms with van der Waals surface area (Å²) in [6.07, 6.45) is 13.2. The van der Waals surface area contributed by atoms with E-state index in [0.29, 0.717) is 5.92 Å². The lowest BCUT2D eigenvalue weighted by Crippen LogP contribution is -2.47. The molecule has 2 heteroatoms. The highest BCUT2D eigenvalue weighted by molar-refractivity contribution is 5.79. The first-order chi connectivity index (χ1) is 11.9. The van der Waals surface area contributed by atoms with Crippen LogP contribution in [0.25, 0.3) is 5.57 Å². The number of nitrogens with zero attached hydrogens (tertiary/aromatic N) is 2. The first-order valence-corrected chi connectivity index (χ1v) is 9.33. The van der Waals surface area contributed by atoms with Crippen LogP contribution in [-0.2, 0) is 0 Å². The van der Waals surface area contributed by atoms with Gasteiger partial charge in [-0.15, -0.1) is 0 Å². The maximum atomic E-state index is 4.35. The highest BCUT2D eigenvalue weighted by Gasteiger charge is 2.32. The Morgan fingerprint density at radius 3 is 2.58 bits per heavy atom. The Kier molecular flexibility index (Phi) is 4.75. The van der Waals surface area contributed by atoms with E-state index in [2.05, 4.69) is 52.4 Å². The summed E-state index contributed by atoms with van der Waals surface area (Å²) in [6, 6.07) is 15.8. The Labute approximate surface area is 145 Å². The summed E-state index contributed by atoms with van der Waals surface area (Å²) in [4.78, 5) is 7.09. The topological polar surface area (TPSA) is 16.1 Å². The molecule has 24 heavy (non-hydrogen) atoms. The summed E-state index contributed by atoms with van der Waals surface area (Å²) in [5, 5.41) is 0. The normalized spacial score (nSPS) is 25.2. The number of pyridine rings is 1. The van der Waals surface area contributed by atoms with Crippen LogP contribution in [0.2, 0.25) is 0 Å². The molecule has 4 rings (SSSR count). The van der Waals surface area contributed by atoms with Gasteiger partial charge in [0.05, 0.1) is 0 Å². The summed E-state index contributed by atoms with van der Waals surface area (Å²) in [7, 11) is 0. The molecule has 0 bridgehead atoms. The number of rotatable bonds is 3. The van der Waals surface area contributed by atoms with Gasteiger partial charge in [-0.25, -0.2) is 0 Å². The van der Waals surface area contributed by atoms with Crippen LogP contribution in [0.15, 0.2) is 60.9 Å². The van der Waals surface area contributed by atoms with E-state index < -0.39 is 0 Å². The Morgan fingerprint density at radius 2 is 1.75 bits per heavy atom. The fourth-order valence-electron chi connectivity index (χ4n) is 4.41. The van der Waals surface area contributed by atoms with Crippen LogP contribution in [0.5, 0.6) is 0 Å². The molecular formula is C22H26N2. The highest BCUT2D eigenvalue weighted by atomic mass is 15.2. The van der Waals surface area contributed by atoms with Crippen LogP contribution in [0.1, 0.15) is 43.2 Å². The Balaban J connectivity index is 1.71. The van der Waals surface area contributed by atoms with Gasteiger partial charge in [0.15, 0.2) is 0 Å². The van der Waals surface area contributed by atoms with Crippen LogP contribution in [0.3, 0.4) is 0 Å². The van der Waals surface area contributed by atoms with E-state index >= 15 is 0 Å². The first kappa shape index (κ1) is 15.6. The number of hydrogen-bond donors (Lipinski definition) is 0. The molecule has 0 spiro atoms. The van der Waals surface area contributed by atoms with E-state index in [1.165, 1.54) is 61.9 Å². The molecule has 0 amide bonds. The third-order valence-corrected chi connectivity index (χ3v) is 5.58. The van der Waals surface area contributed by atoms with Crippen LogP contribution in [0, 0.1) is 5.92 Å². The van der Waals surface area contributed by atoms with E-state index in [9.17, 15) is 0 Å². The van der Waals surface area contributed by atoms with Crippen molar-refractivity contribution in [3.8, 4) is 0 Å². The van der Waals surface area contributed by atoms with Gasteiger partial charge in [-0.2, -0.15) is 0 Å². The lowest BCUT2D eigenvalue weighted by atomic mass is 9.81. The van der Waals surface area contributed by atoms with Gasteiger partial charge in [0, 0.05) is 24.0 Å². The maximum absolute atomic E-state index is 4.35. The molecule has 0 saturated carbocycles. The molecule has 2 atom stereocenters. The molecule has 0 unspecified atom stereocenters. The third kappa shape index (κ3) is 3.29. The van der Waals surface area contributed by atoms with Crippen molar-refractivity contribution in [2.24, 2.45) is 5.92 Å². The molecule has 124 valence electrons. The summed E-state index contributed by atoms with van der Waals surface area (Å²) >= 11 is 0. The monoisotopic (exact) mass is 318 g/mol. The van der Waals surface area contributed by atoms with Gasteiger partial charge < -0.3 is 0 Å². The second-order valence-electron chi connectivity index (χ2n) is 7.09. The predicted molar refractivity (Wildman–Crippen MR) is 99.7 cm³/mol. The molecule has 2 saturated heterocycles. The summed E-state index contributed by atoms with van der Waals surface area (Å²) in [6.45, 7) is 2.59. The zero-order valence-corrected chi connectivity index (χ0v) is 14.3. The SMILES string of the molecule is C(=C(\c1ccccc1)c1cccnc1)/[C@@H]1CCCN2CCCC[C@H]12. The van der Waals surface area contributed by atoms with E-state index in [1.54, 1.807) is 0 Å². The number of benzene rings is 1. The molecule has 0 N–H and O–H groups in total. The zero-order chi connectivity index (χ0) is 16.2. The number of fused-ring (bicyclic) bond motifs is 1. The minimum atomic E-state index is 0.662. The van der Waals surface area contributed by atoms with Crippen molar-refractivity contribution in [1.82, 2.24) is 9.88 Å². The number of piperidine rings is 2. The van der Waals surface area contributed by atoms with Crippen molar-refractivity contribution in [3.63, 3.8) is 0 Å². The molecule has 2 nitrogen and oxygen atoms in total. The van der Waals surface area contributed by atoms with E-state index in [-0.39, 0.29) is 0 Å². The minimum absolute atomic E-state index is 0.662. The van der Waals surface area contributed by atoms with Crippen molar-refractivity contribution in [2.45, 2.75) is 38.1 Å². The van der Waals surface area contributed by atoms with Crippen molar-refractivity contribution in [1.29, 1.82) is 0 Å². The molecule has 1 aromatic heterocycles. The van der Waals surface area contributed by atoms with Gasteiger partial charge >= 0.3 is 0 Å². The molecule has 1 aromatic carbocycles. The van der Waals surface area contributed by atoms with Gasteiger partial charge in [0.25, 0.3) is 0 Å². The molecular weight excluding hydrogens is 292 g/mol. The van der Waals surface area contributed by atoms with Gasteiger partial charge in [0.1, 0.15) is 0 Å². The Morgan fingerprint density at radius 1 is 0.917 bits per heavy atom. The maximum Gasteiger partial charge on any atom is 0.0346 e. The molecule has 2 aliphatic rings. The standard InChI is InChI=1S/C22H26N2/c1-2-8-18(9-3-1)21(20-10-6-13-23-17-20)16-19-11-7-15-24-14-5-4-12-22(19)24/h1-3,6,8-10,13,16-17,19,22H,4-5,7,11-12,14-15H2/b21-16-/t19-,22+/m0/s1. The van der Waals surface area contributed by atoms with Crippen LogP contribution in [0.4, 0.5) is 0 Å². The molecule has 0 radical (unpaired) electrons. The van der Waals surface area contributed by atoms with Crippen LogP contribution < -0.4 is 0 Å². The molecule has 0 aliphatic carbocycles. The average Bonchev–Trinajstić information content (AvgIpc) is 2.67. The Bertz CT molecular complexity index is 634. The van der Waals surface area contributed by atoms with E-state index in [0.717, 1.165) is 6.04 Å². The molecule has 3 heterocycles. The van der Waals surface area contributed by atoms with Gasteiger partial charge in [-0.05, 0) is 61.9 Å². The first-order valence-electron chi connectivity index (χ1n) is 9.33. The third-order valence-electron chi connectivity index (χ3n) is 5.58. The van der Waals surface area contributed by atoms with Gasteiger partial charge in [-0.3, -0.25) is 9.88 Å². The second kappa shape index (κ2) is 7.31. The number of hydrogen-bond acceptors (Lipinski definition) is 2. The van der Waals surface area contributed by atoms with Crippen molar-refractivity contribution < 1.29 is 0 Å². The summed E-state index contributed by atoms with van der Waals surface area (Å²) < 4.78 is 0. The molecule has 2 fully saturated rings. The van der Waals surface area contributed by atoms with Crippen molar-refractivity contribution >= 4 is 5.57 Å². The second-order valence-corrected chi connectivity index (χ2v) is 7.09. The smallest absolute Gasteiger partial charge is 0.0346 e. The van der Waals surface area contributed by atoms with Crippen molar-refractivity contribution in [3.05, 3.63) is 72.1 Å². The quantitative estimate of drug-likeness (QED) is 0.810. The van der Waals surface area contributed by atoms with Gasteiger partial charge in [0.2, 0.25) is 0 Å². The predicted octanol–water partition coefficient (Wildman–Crippen LogP) is 4.78. The lowest BCUT2D eigenvalue weighted by molar-refractivity contribution is 0.0786. The summed E-state index contributed by atoms with van der Waals surface area (Å²) in [5.41, 5.74) is 3.89. The minimum Gasteiger partial charge on any atom is -0.300 e. The van der Waals surface area contributed by atoms with E-state index in [1.807, 2.05) is 18.5 Å². The fourth-order valence-corrected chi connectivity index (χ4v) is 4.41. The Hall–Kier alpha value is -1.93. The zero-order valence-electron chi connectivity index (χ0n) is 14.3. The van der Waals surface area contributed by atoms with Gasteiger partial charge in [-0.1, -0.05) is 48.9 Å². The summed E-state index contributed by atoms with van der Waals surface area (Å²) in [5.74, 6) is 0.662. The fraction of sp³-hybridized carbons (Fsp3) is 0.409.